The molecule has 4 heteroatoms. The van der Waals surface area contributed by atoms with Crippen LogP contribution in [0.2, 0.25) is 18.1 Å². The molecule has 0 saturated heterocycles. The van der Waals surface area contributed by atoms with E-state index in [1.54, 1.807) is 7.11 Å². The molecule has 1 aromatic carbocycles. The Kier molecular flexibility index (Phi) is 6.02. The molecular weight excluding hydrogens is 332 g/mol. The van der Waals surface area contributed by atoms with E-state index in [2.05, 4.69) is 74.9 Å². The molecule has 0 spiro atoms. The maximum absolute atomic E-state index is 6.29. The van der Waals surface area contributed by atoms with Gasteiger partial charge in [0, 0.05) is 11.6 Å². The third-order valence-electron chi connectivity index (χ3n) is 4.26. The highest BCUT2D eigenvalue weighted by Gasteiger charge is 2.37. The van der Waals surface area contributed by atoms with Crippen LogP contribution in [0.25, 0.3) is 0 Å². The number of hydrogen-bond acceptors (Lipinski definition) is 2. The summed E-state index contributed by atoms with van der Waals surface area (Å²) in [7, 11) is 0.0168. The molecule has 0 saturated carbocycles. The second-order valence-electron chi connectivity index (χ2n) is 6.80. The van der Waals surface area contributed by atoms with E-state index < -0.39 is 8.32 Å². The van der Waals surface area contributed by atoms with Crippen LogP contribution >= 0.6 is 15.9 Å². The lowest BCUT2D eigenvalue weighted by Gasteiger charge is -2.37. The molecule has 0 bridgehead atoms. The van der Waals surface area contributed by atoms with E-state index in [1.165, 1.54) is 11.1 Å². The first kappa shape index (κ1) is 17.9. The molecule has 0 aliphatic heterocycles. The molecule has 1 aromatic rings. The molecule has 0 unspecified atom stereocenters. The number of benzene rings is 1. The third kappa shape index (κ3) is 4.42. The number of halogens is 1. The Bertz CT molecular complexity index is 452. The lowest BCUT2D eigenvalue weighted by molar-refractivity contribution is 0.0521. The minimum atomic E-state index is -1.73. The number of aryl methyl sites for hydroxylation is 1. The van der Waals surface area contributed by atoms with Gasteiger partial charge in [-0.1, -0.05) is 42.8 Å². The van der Waals surface area contributed by atoms with Gasteiger partial charge in [0.2, 0.25) is 0 Å². The molecule has 20 heavy (non-hydrogen) atoms. The van der Waals surface area contributed by atoms with Gasteiger partial charge in [0.15, 0.2) is 8.32 Å². The normalized spacial score (nSPS) is 14.4. The van der Waals surface area contributed by atoms with Crippen molar-refractivity contribution in [1.82, 2.24) is 0 Å². The maximum Gasteiger partial charge on any atom is 0.192 e. The van der Waals surface area contributed by atoms with Crippen LogP contribution in [0.3, 0.4) is 0 Å². The molecule has 1 rings (SSSR count). The zero-order chi connectivity index (χ0) is 15.6. The van der Waals surface area contributed by atoms with Gasteiger partial charge in [-0.05, 0) is 48.3 Å². The van der Waals surface area contributed by atoms with Crippen LogP contribution in [-0.4, -0.2) is 22.0 Å². The van der Waals surface area contributed by atoms with Crippen molar-refractivity contribution < 1.29 is 9.16 Å². The minimum Gasteiger partial charge on any atom is -0.414 e. The molecule has 0 aliphatic rings. The molecule has 1 atom stereocenters. The fraction of sp³-hybridized carbons (Fsp3) is 0.625. The summed E-state index contributed by atoms with van der Waals surface area (Å²) in [5.41, 5.74) is 2.43. The zero-order valence-corrected chi connectivity index (χ0v) is 16.3. The van der Waals surface area contributed by atoms with Gasteiger partial charge in [-0.25, -0.2) is 0 Å². The average Bonchev–Trinajstić information content (AvgIpc) is 2.30. The molecule has 0 aliphatic carbocycles. The molecule has 0 aromatic heterocycles. The van der Waals surface area contributed by atoms with Crippen molar-refractivity contribution in [3.8, 4) is 0 Å². The maximum atomic E-state index is 6.29. The fourth-order valence-corrected chi connectivity index (χ4v) is 3.26. The summed E-state index contributed by atoms with van der Waals surface area (Å²) in [6, 6.07) is 6.29. The summed E-state index contributed by atoms with van der Waals surface area (Å²) in [6.45, 7) is 14.0. The quantitative estimate of drug-likeness (QED) is 0.649. The topological polar surface area (TPSA) is 18.5 Å². The predicted molar refractivity (Wildman–Crippen MR) is 91.8 cm³/mol. The standard InChI is InChI=1S/C16H27BrO2Si/c1-12-10-13(17)8-9-14(12)15(18-5)11-19-20(6,7)16(2,3)4/h8-10,15H,11H2,1-7H3/t15-/m0/s1. The molecule has 0 heterocycles. The molecule has 0 N–H and O–H groups in total. The summed E-state index contributed by atoms with van der Waals surface area (Å²) >= 11 is 3.50. The monoisotopic (exact) mass is 358 g/mol. The van der Waals surface area contributed by atoms with Crippen LogP contribution in [0.5, 0.6) is 0 Å². The smallest absolute Gasteiger partial charge is 0.192 e. The van der Waals surface area contributed by atoms with Crippen molar-refractivity contribution in [3.05, 3.63) is 33.8 Å². The van der Waals surface area contributed by atoms with Gasteiger partial charge in [-0.15, -0.1) is 0 Å². The van der Waals surface area contributed by atoms with Gasteiger partial charge in [0.1, 0.15) is 6.10 Å². The molecule has 0 radical (unpaired) electrons. The van der Waals surface area contributed by atoms with E-state index in [0.29, 0.717) is 6.61 Å². The number of hydrogen-bond donors (Lipinski definition) is 0. The number of rotatable bonds is 5. The highest BCUT2D eigenvalue weighted by atomic mass is 79.9. The van der Waals surface area contributed by atoms with Gasteiger partial charge < -0.3 is 9.16 Å². The van der Waals surface area contributed by atoms with Crippen LogP contribution in [0.15, 0.2) is 22.7 Å². The Hall–Kier alpha value is -0.163. The first-order chi connectivity index (χ1) is 9.08. The largest absolute Gasteiger partial charge is 0.414 e. The van der Waals surface area contributed by atoms with Crippen molar-refractivity contribution in [3.63, 3.8) is 0 Å². The van der Waals surface area contributed by atoms with Crippen molar-refractivity contribution >= 4 is 24.2 Å². The minimum absolute atomic E-state index is 0.00257. The second kappa shape index (κ2) is 6.73. The van der Waals surface area contributed by atoms with E-state index in [1.807, 2.05) is 0 Å². The van der Waals surface area contributed by atoms with Crippen molar-refractivity contribution in [1.29, 1.82) is 0 Å². The van der Waals surface area contributed by atoms with Crippen molar-refractivity contribution in [2.24, 2.45) is 0 Å². The third-order valence-corrected chi connectivity index (χ3v) is 9.26. The molecule has 0 amide bonds. The van der Waals surface area contributed by atoms with E-state index in [-0.39, 0.29) is 11.1 Å². The highest BCUT2D eigenvalue weighted by Crippen LogP contribution is 2.37. The Morgan fingerprint density at radius 3 is 2.30 bits per heavy atom. The summed E-state index contributed by atoms with van der Waals surface area (Å²) in [4.78, 5) is 0. The van der Waals surface area contributed by atoms with Crippen LogP contribution in [0.4, 0.5) is 0 Å². The molecule has 2 nitrogen and oxygen atoms in total. The second-order valence-corrected chi connectivity index (χ2v) is 12.5. The van der Waals surface area contributed by atoms with Gasteiger partial charge in [0.25, 0.3) is 0 Å². The highest BCUT2D eigenvalue weighted by molar-refractivity contribution is 9.10. The van der Waals surface area contributed by atoms with Gasteiger partial charge in [0.05, 0.1) is 6.61 Å². The van der Waals surface area contributed by atoms with E-state index in [0.717, 1.165) is 4.47 Å². The Morgan fingerprint density at radius 1 is 1.25 bits per heavy atom. The summed E-state index contributed by atoms with van der Waals surface area (Å²) in [5, 5.41) is 0.222. The Balaban J connectivity index is 2.83. The average molecular weight is 359 g/mol. The first-order valence-corrected chi connectivity index (χ1v) is 10.7. The fourth-order valence-electron chi connectivity index (χ4n) is 1.79. The SMILES string of the molecule is CO[C@@H](CO[Si](C)(C)C(C)(C)C)c1ccc(Br)cc1C. The van der Waals surface area contributed by atoms with E-state index in [9.17, 15) is 0 Å². The molecule has 0 fully saturated rings. The summed E-state index contributed by atoms with van der Waals surface area (Å²) in [5.74, 6) is 0. The lowest BCUT2D eigenvalue weighted by atomic mass is 10.0. The van der Waals surface area contributed by atoms with Crippen LogP contribution in [-0.2, 0) is 9.16 Å². The first-order valence-electron chi connectivity index (χ1n) is 7.01. The lowest BCUT2D eigenvalue weighted by Crippen LogP contribution is -2.41. The molecule has 114 valence electrons. The van der Waals surface area contributed by atoms with E-state index in [4.69, 9.17) is 9.16 Å². The summed E-state index contributed by atoms with van der Waals surface area (Å²) < 4.78 is 13.0. The number of ether oxygens (including phenoxy) is 1. The summed E-state index contributed by atoms with van der Waals surface area (Å²) in [6.07, 6.45) is -0.00257. The van der Waals surface area contributed by atoms with Crippen molar-refractivity contribution in [2.45, 2.75) is 51.9 Å². The van der Waals surface area contributed by atoms with Gasteiger partial charge >= 0.3 is 0 Å². The van der Waals surface area contributed by atoms with Crippen LogP contribution in [0, 0.1) is 6.92 Å². The van der Waals surface area contributed by atoms with Crippen molar-refractivity contribution in [2.75, 3.05) is 13.7 Å². The van der Waals surface area contributed by atoms with E-state index >= 15 is 0 Å². The molecular formula is C16H27BrO2Si. The Labute approximate surface area is 133 Å². The zero-order valence-electron chi connectivity index (χ0n) is 13.7. The predicted octanol–water partition coefficient (Wildman–Crippen LogP) is 5.47. The number of methoxy groups -OCH3 is 1. The van der Waals surface area contributed by atoms with Gasteiger partial charge in [-0.2, -0.15) is 0 Å². The Morgan fingerprint density at radius 2 is 1.85 bits per heavy atom. The van der Waals surface area contributed by atoms with Crippen LogP contribution < -0.4 is 0 Å². The van der Waals surface area contributed by atoms with Crippen LogP contribution in [0.1, 0.15) is 38.0 Å². The van der Waals surface area contributed by atoms with Gasteiger partial charge in [-0.3, -0.25) is 0 Å².